The van der Waals surface area contributed by atoms with E-state index in [0.717, 1.165) is 24.3 Å². The molecule has 0 aliphatic carbocycles. The van der Waals surface area contributed by atoms with Gasteiger partial charge in [0.25, 0.3) is 0 Å². The smallest absolute Gasteiger partial charge is 0.384 e. The maximum absolute atomic E-state index is 13.0. The molecule has 2 N–H and O–H groups in total. The van der Waals surface area contributed by atoms with Crippen molar-refractivity contribution in [2.75, 3.05) is 17.2 Å². The van der Waals surface area contributed by atoms with Crippen LogP contribution in [0.1, 0.15) is 12.0 Å². The number of carbonyl (C=O) groups excluding carboxylic acids is 1. The summed E-state index contributed by atoms with van der Waals surface area (Å²) < 4.78 is 63.5. The molecule has 0 saturated heterocycles. The second-order valence-corrected chi connectivity index (χ2v) is 4.93. The normalized spacial score (nSPS) is 11.2. The largest absolute Gasteiger partial charge is 0.416 e. The Morgan fingerprint density at radius 1 is 0.958 bits per heavy atom. The highest BCUT2D eigenvalue weighted by Crippen LogP contribution is 2.30. The third-order valence-corrected chi connectivity index (χ3v) is 3.07. The number of benzene rings is 2. The quantitative estimate of drug-likeness (QED) is 0.788. The third kappa shape index (κ3) is 4.94. The Labute approximate surface area is 134 Å². The topological polar surface area (TPSA) is 41.1 Å². The fourth-order valence-electron chi connectivity index (χ4n) is 1.92. The molecule has 2 aromatic rings. The van der Waals surface area contributed by atoms with E-state index in [1.165, 1.54) is 18.2 Å². The van der Waals surface area contributed by atoms with Crippen LogP contribution < -0.4 is 10.6 Å². The fourth-order valence-corrected chi connectivity index (χ4v) is 1.92. The minimum absolute atomic E-state index is 0.0302. The molecule has 0 saturated carbocycles. The molecule has 3 nitrogen and oxygen atoms in total. The van der Waals surface area contributed by atoms with E-state index in [4.69, 9.17) is 0 Å². The van der Waals surface area contributed by atoms with E-state index in [9.17, 15) is 26.7 Å². The standard InChI is InChI=1S/C16H13F5N2O/c17-13-5-4-11(9-14(13)18)22-7-6-15(24)23-12-3-1-2-10(8-12)16(19,20)21/h1-5,8-9,22H,6-7H2,(H,23,24). The van der Waals surface area contributed by atoms with E-state index >= 15 is 0 Å². The van der Waals surface area contributed by atoms with Crippen LogP contribution in [-0.2, 0) is 11.0 Å². The van der Waals surface area contributed by atoms with Crippen molar-refractivity contribution in [3.8, 4) is 0 Å². The Morgan fingerprint density at radius 3 is 2.38 bits per heavy atom. The van der Waals surface area contributed by atoms with E-state index < -0.39 is 29.3 Å². The number of anilines is 2. The van der Waals surface area contributed by atoms with Gasteiger partial charge in [-0.2, -0.15) is 13.2 Å². The molecule has 0 bridgehead atoms. The van der Waals surface area contributed by atoms with Crippen LogP contribution in [0.3, 0.4) is 0 Å². The number of hydrogen-bond donors (Lipinski definition) is 2. The summed E-state index contributed by atoms with van der Waals surface area (Å²) in [6, 6.07) is 7.47. The summed E-state index contributed by atoms with van der Waals surface area (Å²) in [5.41, 5.74) is -0.538. The number of amides is 1. The van der Waals surface area contributed by atoms with Gasteiger partial charge in [0.05, 0.1) is 5.56 Å². The lowest BCUT2D eigenvalue weighted by atomic mass is 10.2. The zero-order valence-corrected chi connectivity index (χ0v) is 12.3. The minimum Gasteiger partial charge on any atom is -0.384 e. The SMILES string of the molecule is O=C(CCNc1ccc(F)c(F)c1)Nc1cccc(C(F)(F)F)c1. The molecule has 2 aromatic carbocycles. The minimum atomic E-state index is -4.49. The molecule has 2 rings (SSSR count). The van der Waals surface area contributed by atoms with Gasteiger partial charge in [0.15, 0.2) is 11.6 Å². The van der Waals surface area contributed by atoms with Gasteiger partial charge in [-0.1, -0.05) is 6.07 Å². The lowest BCUT2D eigenvalue weighted by Gasteiger charge is -2.10. The highest BCUT2D eigenvalue weighted by Gasteiger charge is 2.30. The summed E-state index contributed by atoms with van der Waals surface area (Å²) in [5.74, 6) is -2.51. The van der Waals surface area contributed by atoms with Gasteiger partial charge in [-0.25, -0.2) is 8.78 Å². The van der Waals surface area contributed by atoms with E-state index in [-0.39, 0.29) is 18.7 Å². The molecular weight excluding hydrogens is 331 g/mol. The van der Waals surface area contributed by atoms with Crippen molar-refractivity contribution in [2.24, 2.45) is 0 Å². The van der Waals surface area contributed by atoms with Crippen LogP contribution in [-0.4, -0.2) is 12.5 Å². The lowest BCUT2D eigenvalue weighted by Crippen LogP contribution is -2.17. The number of halogens is 5. The summed E-state index contributed by atoms with van der Waals surface area (Å²) in [5, 5.41) is 5.07. The maximum atomic E-state index is 13.0. The highest BCUT2D eigenvalue weighted by molar-refractivity contribution is 5.91. The number of hydrogen-bond acceptors (Lipinski definition) is 2. The van der Waals surface area contributed by atoms with Crippen LogP contribution >= 0.6 is 0 Å². The molecule has 0 unspecified atom stereocenters. The molecule has 0 radical (unpaired) electrons. The second-order valence-electron chi connectivity index (χ2n) is 4.93. The summed E-state index contributed by atoms with van der Waals surface area (Å²) in [6.45, 7) is 0.107. The van der Waals surface area contributed by atoms with Crippen LogP contribution in [0.4, 0.5) is 33.3 Å². The van der Waals surface area contributed by atoms with Crippen LogP contribution in [0.15, 0.2) is 42.5 Å². The highest BCUT2D eigenvalue weighted by atomic mass is 19.4. The van der Waals surface area contributed by atoms with Crippen LogP contribution in [0, 0.1) is 11.6 Å². The summed E-state index contributed by atoms with van der Waals surface area (Å²) in [4.78, 5) is 11.7. The predicted octanol–water partition coefficient (Wildman–Crippen LogP) is 4.42. The number of nitrogens with one attached hydrogen (secondary N) is 2. The first kappa shape index (κ1) is 17.7. The first-order valence-corrected chi connectivity index (χ1v) is 6.92. The predicted molar refractivity (Wildman–Crippen MR) is 79.5 cm³/mol. The zero-order valence-electron chi connectivity index (χ0n) is 12.3. The van der Waals surface area contributed by atoms with Crippen molar-refractivity contribution in [1.29, 1.82) is 0 Å². The average Bonchev–Trinajstić information content (AvgIpc) is 2.50. The molecule has 0 fully saturated rings. The molecule has 24 heavy (non-hydrogen) atoms. The molecular formula is C16H13F5N2O. The van der Waals surface area contributed by atoms with Gasteiger partial charge < -0.3 is 10.6 Å². The van der Waals surface area contributed by atoms with Crippen molar-refractivity contribution in [2.45, 2.75) is 12.6 Å². The molecule has 8 heteroatoms. The van der Waals surface area contributed by atoms with Crippen molar-refractivity contribution >= 4 is 17.3 Å². The van der Waals surface area contributed by atoms with Crippen molar-refractivity contribution in [1.82, 2.24) is 0 Å². The summed E-state index contributed by atoms with van der Waals surface area (Å²) in [6.07, 6.45) is -4.55. The Balaban J connectivity index is 1.86. The Morgan fingerprint density at radius 2 is 1.71 bits per heavy atom. The Hall–Kier alpha value is -2.64. The van der Waals surface area contributed by atoms with E-state index in [2.05, 4.69) is 10.6 Å². The van der Waals surface area contributed by atoms with Gasteiger partial charge in [-0.05, 0) is 36.4 Å². The number of rotatable bonds is 5. The molecule has 0 aliphatic rings. The average molecular weight is 344 g/mol. The van der Waals surface area contributed by atoms with Gasteiger partial charge in [-0.15, -0.1) is 0 Å². The van der Waals surface area contributed by atoms with Crippen LogP contribution in [0.25, 0.3) is 0 Å². The monoisotopic (exact) mass is 344 g/mol. The molecule has 0 aromatic heterocycles. The van der Waals surface area contributed by atoms with Crippen molar-refractivity contribution in [3.63, 3.8) is 0 Å². The van der Waals surface area contributed by atoms with E-state index in [0.29, 0.717) is 5.69 Å². The third-order valence-electron chi connectivity index (χ3n) is 3.07. The zero-order chi connectivity index (χ0) is 17.7. The number of carbonyl (C=O) groups is 1. The van der Waals surface area contributed by atoms with Crippen molar-refractivity contribution in [3.05, 3.63) is 59.7 Å². The van der Waals surface area contributed by atoms with Crippen LogP contribution in [0.2, 0.25) is 0 Å². The molecule has 0 atom stereocenters. The van der Waals surface area contributed by atoms with Gasteiger partial charge in [0, 0.05) is 24.3 Å². The maximum Gasteiger partial charge on any atom is 0.416 e. The number of alkyl halides is 3. The van der Waals surface area contributed by atoms with Crippen molar-refractivity contribution < 1.29 is 26.7 Å². The van der Waals surface area contributed by atoms with Crippen LogP contribution in [0.5, 0.6) is 0 Å². The molecule has 0 spiro atoms. The molecule has 0 heterocycles. The summed E-state index contributed by atoms with van der Waals surface area (Å²) >= 11 is 0. The lowest BCUT2D eigenvalue weighted by molar-refractivity contribution is -0.137. The van der Waals surface area contributed by atoms with Gasteiger partial charge in [0.1, 0.15) is 0 Å². The second kappa shape index (κ2) is 7.29. The molecule has 0 aliphatic heterocycles. The van der Waals surface area contributed by atoms with E-state index in [1.807, 2.05) is 0 Å². The van der Waals surface area contributed by atoms with Gasteiger partial charge in [0.2, 0.25) is 5.91 Å². The first-order chi connectivity index (χ1) is 11.3. The molecule has 128 valence electrons. The fraction of sp³-hybridized carbons (Fsp3) is 0.188. The molecule has 1 amide bonds. The van der Waals surface area contributed by atoms with Gasteiger partial charge in [-0.3, -0.25) is 4.79 Å². The van der Waals surface area contributed by atoms with Gasteiger partial charge >= 0.3 is 6.18 Å². The Kier molecular flexibility index (Phi) is 5.38. The Bertz CT molecular complexity index is 731. The summed E-state index contributed by atoms with van der Waals surface area (Å²) in [7, 11) is 0. The first-order valence-electron chi connectivity index (χ1n) is 6.92. The van der Waals surface area contributed by atoms with E-state index in [1.54, 1.807) is 0 Å².